The van der Waals surface area contributed by atoms with E-state index in [9.17, 15) is 4.39 Å². The Bertz CT molecular complexity index is 416. The van der Waals surface area contributed by atoms with Crippen LogP contribution in [0.15, 0.2) is 18.2 Å². The molecule has 0 spiro atoms. The van der Waals surface area contributed by atoms with E-state index in [1.165, 1.54) is 32.1 Å². The van der Waals surface area contributed by atoms with Gasteiger partial charge >= 0.3 is 0 Å². The number of halogens is 1. The van der Waals surface area contributed by atoms with Crippen molar-refractivity contribution >= 4 is 0 Å². The van der Waals surface area contributed by atoms with Crippen LogP contribution in [0.25, 0.3) is 0 Å². The van der Waals surface area contributed by atoms with Gasteiger partial charge < -0.3 is 5.32 Å². The van der Waals surface area contributed by atoms with Gasteiger partial charge in [0.2, 0.25) is 0 Å². The summed E-state index contributed by atoms with van der Waals surface area (Å²) in [5.41, 5.74) is 1.78. The first-order chi connectivity index (χ1) is 9.08. The molecule has 2 heteroatoms. The van der Waals surface area contributed by atoms with Crippen molar-refractivity contribution < 1.29 is 4.39 Å². The standard InChI is InChI=1S/C17H26FN/c1-12-9-10-15(11-16(12)18)14(3)19-17-8-6-4-5-7-13(17)2/h9-11,13-14,17,19H,4-8H2,1-3H3. The summed E-state index contributed by atoms with van der Waals surface area (Å²) >= 11 is 0. The van der Waals surface area contributed by atoms with Crippen LogP contribution in [0.1, 0.15) is 63.1 Å². The van der Waals surface area contributed by atoms with Crippen molar-refractivity contribution in [1.29, 1.82) is 0 Å². The Morgan fingerprint density at radius 3 is 2.68 bits per heavy atom. The Balaban J connectivity index is 2.02. The lowest BCUT2D eigenvalue weighted by molar-refractivity contribution is 0.330. The molecular formula is C17H26FN. The van der Waals surface area contributed by atoms with Crippen LogP contribution < -0.4 is 5.32 Å². The minimum absolute atomic E-state index is 0.0972. The molecule has 1 nitrogen and oxygen atoms in total. The van der Waals surface area contributed by atoms with Crippen molar-refractivity contribution in [2.75, 3.05) is 0 Å². The monoisotopic (exact) mass is 263 g/mol. The minimum Gasteiger partial charge on any atom is -0.307 e. The van der Waals surface area contributed by atoms with E-state index in [-0.39, 0.29) is 11.9 Å². The van der Waals surface area contributed by atoms with Gasteiger partial charge in [-0.15, -0.1) is 0 Å². The van der Waals surface area contributed by atoms with E-state index in [4.69, 9.17) is 0 Å². The Labute approximate surface area is 116 Å². The molecule has 0 bridgehead atoms. The quantitative estimate of drug-likeness (QED) is 0.776. The molecule has 0 aromatic heterocycles. The second-order valence-corrected chi connectivity index (χ2v) is 6.12. The maximum atomic E-state index is 13.6. The van der Waals surface area contributed by atoms with Gasteiger partial charge in [0.15, 0.2) is 0 Å². The fourth-order valence-electron chi connectivity index (χ4n) is 3.04. The third-order valence-electron chi connectivity index (χ3n) is 4.52. The van der Waals surface area contributed by atoms with Crippen LogP contribution in [0, 0.1) is 18.7 Å². The van der Waals surface area contributed by atoms with Gasteiger partial charge in [0.05, 0.1) is 0 Å². The lowest BCUT2D eigenvalue weighted by Crippen LogP contribution is -2.36. The Morgan fingerprint density at radius 2 is 1.95 bits per heavy atom. The molecule has 3 unspecified atom stereocenters. The molecule has 1 aliphatic rings. The van der Waals surface area contributed by atoms with Crippen LogP contribution in [0.4, 0.5) is 4.39 Å². The number of aryl methyl sites for hydroxylation is 1. The molecule has 3 atom stereocenters. The third kappa shape index (κ3) is 3.79. The summed E-state index contributed by atoms with van der Waals surface area (Å²) in [6, 6.07) is 6.38. The summed E-state index contributed by atoms with van der Waals surface area (Å²) in [6.45, 7) is 6.29. The molecule has 1 aliphatic carbocycles. The summed E-state index contributed by atoms with van der Waals surface area (Å²) in [4.78, 5) is 0. The molecule has 1 N–H and O–H groups in total. The zero-order valence-corrected chi connectivity index (χ0v) is 12.4. The van der Waals surface area contributed by atoms with E-state index in [1.807, 2.05) is 19.1 Å². The highest BCUT2D eigenvalue weighted by Gasteiger charge is 2.21. The van der Waals surface area contributed by atoms with Crippen molar-refractivity contribution in [2.45, 2.75) is 65.0 Å². The molecule has 0 amide bonds. The van der Waals surface area contributed by atoms with Crippen LogP contribution >= 0.6 is 0 Å². The number of benzene rings is 1. The second kappa shape index (κ2) is 6.51. The van der Waals surface area contributed by atoms with Gasteiger partial charge in [0.25, 0.3) is 0 Å². The largest absolute Gasteiger partial charge is 0.307 e. The summed E-state index contributed by atoms with van der Waals surface area (Å²) in [5, 5.41) is 3.70. The molecular weight excluding hydrogens is 237 g/mol. The molecule has 1 aromatic rings. The van der Waals surface area contributed by atoms with Gasteiger partial charge in [-0.25, -0.2) is 4.39 Å². The first kappa shape index (κ1) is 14.5. The van der Waals surface area contributed by atoms with Crippen molar-refractivity contribution in [3.63, 3.8) is 0 Å². The van der Waals surface area contributed by atoms with Crippen LogP contribution in [-0.2, 0) is 0 Å². The molecule has 1 fully saturated rings. The minimum atomic E-state index is -0.0972. The van der Waals surface area contributed by atoms with Gasteiger partial charge in [-0.2, -0.15) is 0 Å². The van der Waals surface area contributed by atoms with Gasteiger partial charge in [-0.1, -0.05) is 38.3 Å². The van der Waals surface area contributed by atoms with Gasteiger partial charge in [-0.05, 0) is 49.8 Å². The zero-order valence-electron chi connectivity index (χ0n) is 12.4. The van der Waals surface area contributed by atoms with Crippen LogP contribution in [-0.4, -0.2) is 6.04 Å². The normalized spacial score (nSPS) is 25.9. The van der Waals surface area contributed by atoms with Crippen LogP contribution in [0.2, 0.25) is 0 Å². The molecule has 19 heavy (non-hydrogen) atoms. The van der Waals surface area contributed by atoms with E-state index in [2.05, 4.69) is 19.2 Å². The second-order valence-electron chi connectivity index (χ2n) is 6.12. The molecule has 1 saturated carbocycles. The van der Waals surface area contributed by atoms with Crippen LogP contribution in [0.5, 0.6) is 0 Å². The molecule has 0 heterocycles. The van der Waals surface area contributed by atoms with Crippen molar-refractivity contribution in [3.8, 4) is 0 Å². The van der Waals surface area contributed by atoms with E-state index in [0.717, 1.165) is 17.0 Å². The first-order valence-corrected chi connectivity index (χ1v) is 7.60. The van der Waals surface area contributed by atoms with Crippen molar-refractivity contribution in [3.05, 3.63) is 35.1 Å². The predicted molar refractivity (Wildman–Crippen MR) is 78.7 cm³/mol. The molecule has 0 saturated heterocycles. The molecule has 0 radical (unpaired) electrons. The zero-order chi connectivity index (χ0) is 13.8. The fourth-order valence-corrected chi connectivity index (χ4v) is 3.04. The lowest BCUT2D eigenvalue weighted by atomic mass is 9.95. The summed E-state index contributed by atoms with van der Waals surface area (Å²) in [6.07, 6.45) is 6.59. The highest BCUT2D eigenvalue weighted by Crippen LogP contribution is 2.26. The Hall–Kier alpha value is -0.890. The Morgan fingerprint density at radius 1 is 1.21 bits per heavy atom. The molecule has 0 aliphatic heterocycles. The molecule has 106 valence electrons. The maximum absolute atomic E-state index is 13.6. The lowest BCUT2D eigenvalue weighted by Gasteiger charge is -2.27. The number of hydrogen-bond donors (Lipinski definition) is 1. The summed E-state index contributed by atoms with van der Waals surface area (Å²) in [5.74, 6) is 0.625. The SMILES string of the molecule is Cc1ccc(C(C)NC2CCCCCC2C)cc1F. The highest BCUT2D eigenvalue weighted by molar-refractivity contribution is 5.25. The highest BCUT2D eigenvalue weighted by atomic mass is 19.1. The Kier molecular flexibility index (Phi) is 4.98. The van der Waals surface area contributed by atoms with Gasteiger partial charge in [0.1, 0.15) is 5.82 Å². The van der Waals surface area contributed by atoms with Gasteiger partial charge in [0, 0.05) is 12.1 Å². The van der Waals surface area contributed by atoms with E-state index >= 15 is 0 Å². The van der Waals surface area contributed by atoms with E-state index in [0.29, 0.717) is 6.04 Å². The van der Waals surface area contributed by atoms with Crippen molar-refractivity contribution in [1.82, 2.24) is 5.32 Å². The number of hydrogen-bond acceptors (Lipinski definition) is 1. The van der Waals surface area contributed by atoms with E-state index in [1.54, 1.807) is 6.07 Å². The summed E-state index contributed by atoms with van der Waals surface area (Å²) < 4.78 is 13.6. The third-order valence-corrected chi connectivity index (χ3v) is 4.52. The molecule has 2 rings (SSSR count). The first-order valence-electron chi connectivity index (χ1n) is 7.60. The number of nitrogens with one attached hydrogen (secondary N) is 1. The smallest absolute Gasteiger partial charge is 0.126 e. The fraction of sp³-hybridized carbons (Fsp3) is 0.647. The molecule has 1 aromatic carbocycles. The van der Waals surface area contributed by atoms with Crippen LogP contribution in [0.3, 0.4) is 0 Å². The number of rotatable bonds is 3. The summed E-state index contributed by atoms with van der Waals surface area (Å²) in [7, 11) is 0. The average molecular weight is 263 g/mol. The van der Waals surface area contributed by atoms with E-state index < -0.39 is 0 Å². The van der Waals surface area contributed by atoms with Gasteiger partial charge in [-0.3, -0.25) is 0 Å². The predicted octanol–water partition coefficient (Wildman–Crippen LogP) is 4.75. The van der Waals surface area contributed by atoms with Crippen molar-refractivity contribution in [2.24, 2.45) is 5.92 Å². The topological polar surface area (TPSA) is 12.0 Å². The maximum Gasteiger partial charge on any atom is 0.126 e. The average Bonchev–Trinajstić information content (AvgIpc) is 2.58.